The number of anilines is 3. The van der Waals surface area contributed by atoms with E-state index < -0.39 is 18.7 Å². The number of amides is 5. The van der Waals surface area contributed by atoms with Crippen LogP contribution >= 0.6 is 11.6 Å². The normalized spacial score (nSPS) is 21.4. The highest BCUT2D eigenvalue weighted by atomic mass is 35.5. The average Bonchev–Trinajstić information content (AvgIpc) is 3.37. The molecule has 3 aliphatic heterocycles. The Balaban J connectivity index is 1.28. The Morgan fingerprint density at radius 1 is 0.914 bits per heavy atom. The second-order valence-corrected chi connectivity index (χ2v) is 9.59. The van der Waals surface area contributed by atoms with Crippen molar-refractivity contribution in [3.63, 3.8) is 0 Å². The molecular weight excluding hydrogens is 473 g/mol. The lowest BCUT2D eigenvalue weighted by Crippen LogP contribution is -2.52. The number of halogens is 2. The molecule has 10 heteroatoms. The predicted octanol–water partition coefficient (Wildman–Crippen LogP) is 5.40. The van der Waals surface area contributed by atoms with Crippen molar-refractivity contribution in [3.8, 4) is 0 Å². The molecule has 0 spiro atoms. The van der Waals surface area contributed by atoms with Crippen LogP contribution in [0.5, 0.6) is 0 Å². The molecule has 1 aliphatic carbocycles. The summed E-state index contributed by atoms with van der Waals surface area (Å²) in [4.78, 5) is 40.3. The van der Waals surface area contributed by atoms with Crippen molar-refractivity contribution in [2.45, 2.75) is 44.8 Å². The second-order valence-electron chi connectivity index (χ2n) is 9.16. The van der Waals surface area contributed by atoms with Crippen LogP contribution in [0.1, 0.15) is 37.7 Å². The molecule has 4 aliphatic rings. The average molecular weight is 500 g/mol. The van der Waals surface area contributed by atoms with Crippen LogP contribution in [0.15, 0.2) is 42.5 Å². The third-order valence-electron chi connectivity index (χ3n) is 6.98. The van der Waals surface area contributed by atoms with Gasteiger partial charge in [0.1, 0.15) is 6.67 Å². The number of rotatable bonds is 4. The van der Waals surface area contributed by atoms with Crippen molar-refractivity contribution in [1.29, 1.82) is 0 Å². The monoisotopic (exact) mass is 499 g/mol. The SMILES string of the molecule is O=C1C2CCC(CC2)N1c1ccc(NC(=O)N2CCCN2C(=O)Nc2ccc(Cl)cc2)cc1CF. The number of fused-ring (bicyclic) bond motifs is 3. The summed E-state index contributed by atoms with van der Waals surface area (Å²) >= 11 is 5.89. The quantitative estimate of drug-likeness (QED) is 0.590. The first-order chi connectivity index (χ1) is 16.9. The number of hydrazine groups is 1. The smallest absolute Gasteiger partial charge is 0.309 e. The molecular formula is C25H27ClFN5O3. The highest BCUT2D eigenvalue weighted by Gasteiger charge is 2.41. The van der Waals surface area contributed by atoms with Crippen LogP contribution in [-0.4, -0.2) is 47.1 Å². The number of carbonyl (C=O) groups excluding carboxylic acids is 3. The van der Waals surface area contributed by atoms with E-state index in [1.807, 2.05) is 0 Å². The Labute approximate surface area is 208 Å². The Hall–Kier alpha value is -3.33. The lowest BCUT2D eigenvalue weighted by molar-refractivity contribution is -0.126. The number of piperidine rings is 2. The van der Waals surface area contributed by atoms with Crippen LogP contribution in [0, 0.1) is 5.92 Å². The Morgan fingerprint density at radius 3 is 2.11 bits per heavy atom. The summed E-state index contributed by atoms with van der Waals surface area (Å²) in [6, 6.07) is 10.8. The van der Waals surface area contributed by atoms with Gasteiger partial charge in [0.05, 0.1) is 0 Å². The Morgan fingerprint density at radius 2 is 1.51 bits per heavy atom. The highest BCUT2D eigenvalue weighted by Crippen LogP contribution is 2.40. The number of nitrogens with one attached hydrogen (secondary N) is 2. The van der Waals surface area contributed by atoms with Gasteiger partial charge in [-0.25, -0.2) is 24.0 Å². The van der Waals surface area contributed by atoms with Gasteiger partial charge in [-0.2, -0.15) is 0 Å². The summed E-state index contributed by atoms with van der Waals surface area (Å²) in [6.45, 7) is 0.0138. The number of benzene rings is 2. The minimum absolute atomic E-state index is 0.0204. The summed E-state index contributed by atoms with van der Waals surface area (Å²) in [5, 5.41) is 8.76. The molecule has 1 saturated carbocycles. The zero-order chi connectivity index (χ0) is 24.5. The Bertz CT molecular complexity index is 1140. The zero-order valence-electron chi connectivity index (χ0n) is 19.2. The van der Waals surface area contributed by atoms with Crippen LogP contribution in [0.4, 0.5) is 31.0 Å². The lowest BCUT2D eigenvalue weighted by Gasteiger charge is -2.45. The van der Waals surface area contributed by atoms with E-state index in [0.717, 1.165) is 25.7 Å². The number of hydrogen-bond acceptors (Lipinski definition) is 3. The molecule has 35 heavy (non-hydrogen) atoms. The van der Waals surface area contributed by atoms with E-state index in [0.29, 0.717) is 47.2 Å². The van der Waals surface area contributed by atoms with Gasteiger partial charge in [-0.3, -0.25) is 4.79 Å². The number of alkyl halides is 1. The van der Waals surface area contributed by atoms with E-state index in [-0.39, 0.29) is 17.9 Å². The first kappa shape index (κ1) is 23.4. The molecule has 2 aromatic rings. The third kappa shape index (κ3) is 4.65. The van der Waals surface area contributed by atoms with Crippen molar-refractivity contribution in [2.24, 2.45) is 5.92 Å². The van der Waals surface area contributed by atoms with Gasteiger partial charge in [0.15, 0.2) is 0 Å². The number of nitrogens with zero attached hydrogens (tertiary/aromatic N) is 3. The first-order valence-electron chi connectivity index (χ1n) is 11.9. The molecule has 3 heterocycles. The maximum absolute atomic E-state index is 14.0. The second kappa shape index (κ2) is 9.73. The molecule has 0 unspecified atom stereocenters. The van der Waals surface area contributed by atoms with Crippen molar-refractivity contribution in [3.05, 3.63) is 53.1 Å². The molecule has 2 aromatic carbocycles. The molecule has 6 rings (SSSR count). The van der Waals surface area contributed by atoms with Crippen LogP contribution in [0.2, 0.25) is 5.02 Å². The van der Waals surface area contributed by atoms with Gasteiger partial charge in [-0.05, 0) is 74.6 Å². The van der Waals surface area contributed by atoms with Crippen LogP contribution in [0.3, 0.4) is 0 Å². The standard InChI is InChI=1S/C25H27ClFN5O3/c26-18-4-6-19(7-5-18)28-24(34)30-12-1-13-31(30)25(35)29-20-8-11-22(17(14-20)15-27)32-21-9-2-16(3-10-21)23(32)33/h4-8,11,14,16,21H,1-3,9-10,12-13,15H2,(H,28,34)(H,29,35). The molecule has 2 bridgehead atoms. The zero-order valence-corrected chi connectivity index (χ0v) is 19.9. The maximum Gasteiger partial charge on any atom is 0.340 e. The summed E-state index contributed by atoms with van der Waals surface area (Å²) in [5.74, 6) is 0.0883. The fourth-order valence-electron chi connectivity index (χ4n) is 5.22. The van der Waals surface area contributed by atoms with Crippen LogP contribution in [-0.2, 0) is 11.5 Å². The van der Waals surface area contributed by atoms with Gasteiger partial charge < -0.3 is 15.5 Å². The van der Waals surface area contributed by atoms with Gasteiger partial charge in [0.2, 0.25) is 5.91 Å². The number of hydrogen-bond donors (Lipinski definition) is 2. The minimum atomic E-state index is -0.750. The van der Waals surface area contributed by atoms with E-state index in [1.54, 1.807) is 47.4 Å². The summed E-state index contributed by atoms with van der Waals surface area (Å²) in [5.41, 5.74) is 1.92. The molecule has 5 amide bonds. The summed E-state index contributed by atoms with van der Waals surface area (Å²) in [7, 11) is 0. The highest BCUT2D eigenvalue weighted by molar-refractivity contribution is 6.30. The van der Waals surface area contributed by atoms with Gasteiger partial charge in [0.25, 0.3) is 0 Å². The van der Waals surface area contributed by atoms with E-state index in [1.165, 1.54) is 10.0 Å². The fraction of sp³-hybridized carbons (Fsp3) is 0.400. The van der Waals surface area contributed by atoms with E-state index in [9.17, 15) is 18.8 Å². The van der Waals surface area contributed by atoms with Gasteiger partial charge in [-0.1, -0.05) is 11.6 Å². The van der Waals surface area contributed by atoms with Crippen LogP contribution in [0.25, 0.3) is 0 Å². The fourth-order valence-corrected chi connectivity index (χ4v) is 5.35. The predicted molar refractivity (Wildman–Crippen MR) is 132 cm³/mol. The van der Waals surface area contributed by atoms with Crippen molar-refractivity contribution in [2.75, 3.05) is 28.6 Å². The van der Waals surface area contributed by atoms with Gasteiger partial charge >= 0.3 is 12.1 Å². The van der Waals surface area contributed by atoms with Gasteiger partial charge in [-0.15, -0.1) is 0 Å². The Kier molecular flexibility index (Phi) is 6.51. The molecule has 4 fully saturated rings. The van der Waals surface area contributed by atoms with Crippen molar-refractivity contribution in [1.82, 2.24) is 10.0 Å². The van der Waals surface area contributed by atoms with Crippen molar-refractivity contribution >= 4 is 46.6 Å². The summed E-state index contributed by atoms with van der Waals surface area (Å²) in [6.07, 6.45) is 4.30. The topological polar surface area (TPSA) is 85.0 Å². The molecule has 2 N–H and O–H groups in total. The van der Waals surface area contributed by atoms with E-state index in [4.69, 9.17) is 11.6 Å². The molecule has 0 radical (unpaired) electrons. The van der Waals surface area contributed by atoms with Crippen LogP contribution < -0.4 is 15.5 Å². The third-order valence-corrected chi connectivity index (χ3v) is 7.23. The largest absolute Gasteiger partial charge is 0.340 e. The molecule has 0 aromatic heterocycles. The molecule has 184 valence electrons. The molecule has 0 atom stereocenters. The van der Waals surface area contributed by atoms with Crippen molar-refractivity contribution < 1.29 is 18.8 Å². The number of urea groups is 2. The lowest BCUT2D eigenvalue weighted by atomic mass is 9.79. The van der Waals surface area contributed by atoms with Gasteiger partial charge in [0, 0.05) is 52.7 Å². The molecule has 8 nitrogen and oxygen atoms in total. The minimum Gasteiger partial charge on any atom is -0.309 e. The van der Waals surface area contributed by atoms with E-state index >= 15 is 0 Å². The maximum atomic E-state index is 14.0. The summed E-state index contributed by atoms with van der Waals surface area (Å²) < 4.78 is 14.0. The number of carbonyl (C=O) groups is 3. The first-order valence-corrected chi connectivity index (χ1v) is 12.3. The molecule has 3 saturated heterocycles. The van der Waals surface area contributed by atoms with E-state index in [2.05, 4.69) is 10.6 Å².